The molecule has 19 heavy (non-hydrogen) atoms. The molecule has 0 saturated heterocycles. The molecule has 7 nitrogen and oxygen atoms in total. The Balaban J connectivity index is 2.39. The summed E-state index contributed by atoms with van der Waals surface area (Å²) >= 11 is 5.68. The predicted octanol–water partition coefficient (Wildman–Crippen LogP) is 1.06. The van der Waals surface area contributed by atoms with Gasteiger partial charge in [-0.15, -0.1) is 0 Å². The van der Waals surface area contributed by atoms with Crippen molar-refractivity contribution in [1.29, 1.82) is 0 Å². The standard InChI is InChI=1S/C10H12ClN5O2S/c1-2-8(19(12,17)18)7-5-14-16(6-7)9-3-4-13-10(11)15-9/h3-6,8H,2H2,1H3,(H2,12,17,18). The van der Waals surface area contributed by atoms with Gasteiger partial charge in [0.05, 0.1) is 6.20 Å². The molecule has 102 valence electrons. The van der Waals surface area contributed by atoms with Crippen LogP contribution in [0.1, 0.15) is 24.2 Å². The van der Waals surface area contributed by atoms with Crippen LogP contribution < -0.4 is 5.14 Å². The number of nitrogens with two attached hydrogens (primary N) is 1. The molecule has 2 aromatic rings. The van der Waals surface area contributed by atoms with E-state index in [-0.39, 0.29) is 5.28 Å². The van der Waals surface area contributed by atoms with Crippen LogP contribution in [0.15, 0.2) is 24.7 Å². The summed E-state index contributed by atoms with van der Waals surface area (Å²) in [6, 6.07) is 1.61. The first-order chi connectivity index (χ1) is 8.91. The van der Waals surface area contributed by atoms with Crippen LogP contribution >= 0.6 is 11.6 Å². The molecule has 2 aromatic heterocycles. The first-order valence-corrected chi connectivity index (χ1v) is 7.45. The van der Waals surface area contributed by atoms with Gasteiger partial charge in [-0.25, -0.2) is 23.2 Å². The Kier molecular flexibility index (Phi) is 3.83. The lowest BCUT2D eigenvalue weighted by atomic mass is 10.2. The maximum Gasteiger partial charge on any atom is 0.224 e. The molecule has 0 aromatic carbocycles. The normalized spacial score (nSPS) is 13.4. The van der Waals surface area contributed by atoms with Crippen molar-refractivity contribution in [3.05, 3.63) is 35.5 Å². The molecule has 2 rings (SSSR count). The summed E-state index contributed by atoms with van der Waals surface area (Å²) in [7, 11) is -3.66. The highest BCUT2D eigenvalue weighted by atomic mass is 35.5. The van der Waals surface area contributed by atoms with Crippen LogP contribution in [0.4, 0.5) is 0 Å². The van der Waals surface area contributed by atoms with Crippen LogP contribution in [-0.2, 0) is 10.0 Å². The molecule has 0 aliphatic carbocycles. The van der Waals surface area contributed by atoms with Gasteiger partial charge in [-0.05, 0) is 18.0 Å². The van der Waals surface area contributed by atoms with Gasteiger partial charge >= 0.3 is 0 Å². The predicted molar refractivity (Wildman–Crippen MR) is 70.3 cm³/mol. The van der Waals surface area contributed by atoms with E-state index in [2.05, 4.69) is 15.1 Å². The van der Waals surface area contributed by atoms with E-state index in [1.165, 1.54) is 17.1 Å². The Hall–Kier alpha value is -1.51. The summed E-state index contributed by atoms with van der Waals surface area (Å²) in [4.78, 5) is 7.74. The van der Waals surface area contributed by atoms with Crippen molar-refractivity contribution >= 4 is 21.6 Å². The fourth-order valence-corrected chi connectivity index (χ4v) is 2.85. The third kappa shape index (κ3) is 3.09. The molecule has 0 amide bonds. The molecule has 0 aliphatic heterocycles. The fourth-order valence-electron chi connectivity index (χ4n) is 1.74. The van der Waals surface area contributed by atoms with E-state index in [4.69, 9.17) is 16.7 Å². The van der Waals surface area contributed by atoms with E-state index in [1.54, 1.807) is 19.2 Å². The van der Waals surface area contributed by atoms with Gasteiger partial charge in [-0.2, -0.15) is 10.1 Å². The van der Waals surface area contributed by atoms with E-state index in [1.807, 2.05) is 0 Å². The molecular formula is C10H12ClN5O2S. The number of hydrogen-bond acceptors (Lipinski definition) is 5. The van der Waals surface area contributed by atoms with Gasteiger partial charge in [0.2, 0.25) is 15.3 Å². The Morgan fingerprint density at radius 2 is 2.26 bits per heavy atom. The fraction of sp³-hybridized carbons (Fsp3) is 0.300. The third-order valence-corrected chi connectivity index (χ3v) is 4.17. The van der Waals surface area contributed by atoms with Crippen molar-refractivity contribution in [3.63, 3.8) is 0 Å². The number of sulfonamides is 1. The van der Waals surface area contributed by atoms with Crippen LogP contribution in [0.3, 0.4) is 0 Å². The molecular weight excluding hydrogens is 290 g/mol. The Labute approximate surface area is 115 Å². The van der Waals surface area contributed by atoms with Crippen molar-refractivity contribution in [2.75, 3.05) is 0 Å². The molecule has 0 aliphatic rings. The minimum Gasteiger partial charge on any atom is -0.228 e. The highest BCUT2D eigenvalue weighted by Crippen LogP contribution is 2.23. The summed E-state index contributed by atoms with van der Waals surface area (Å²) in [5.74, 6) is 0.454. The summed E-state index contributed by atoms with van der Waals surface area (Å²) in [6.45, 7) is 1.74. The molecule has 0 saturated carbocycles. The summed E-state index contributed by atoms with van der Waals surface area (Å²) in [6.07, 6.45) is 4.88. The maximum absolute atomic E-state index is 11.5. The minimum atomic E-state index is -3.66. The van der Waals surface area contributed by atoms with E-state index in [0.717, 1.165) is 0 Å². The SMILES string of the molecule is CCC(c1cnn(-c2ccnc(Cl)n2)c1)S(N)(=O)=O. The van der Waals surface area contributed by atoms with Crippen molar-refractivity contribution in [1.82, 2.24) is 19.7 Å². The summed E-state index contributed by atoms with van der Waals surface area (Å²) in [5.41, 5.74) is 0.514. The lowest BCUT2D eigenvalue weighted by Crippen LogP contribution is -2.20. The quantitative estimate of drug-likeness (QED) is 0.850. The van der Waals surface area contributed by atoms with Crippen LogP contribution in [-0.4, -0.2) is 28.2 Å². The maximum atomic E-state index is 11.5. The van der Waals surface area contributed by atoms with E-state index >= 15 is 0 Å². The smallest absolute Gasteiger partial charge is 0.224 e. The zero-order chi connectivity index (χ0) is 14.0. The van der Waals surface area contributed by atoms with Crippen molar-refractivity contribution in [2.45, 2.75) is 18.6 Å². The average molecular weight is 302 g/mol. The van der Waals surface area contributed by atoms with Crippen LogP contribution in [0, 0.1) is 0 Å². The number of nitrogens with zero attached hydrogens (tertiary/aromatic N) is 4. The number of hydrogen-bond donors (Lipinski definition) is 1. The number of halogens is 1. The van der Waals surface area contributed by atoms with Gasteiger partial charge < -0.3 is 0 Å². The zero-order valence-corrected chi connectivity index (χ0v) is 11.6. The lowest BCUT2D eigenvalue weighted by molar-refractivity contribution is 0.581. The topological polar surface area (TPSA) is 104 Å². The average Bonchev–Trinajstić information content (AvgIpc) is 2.77. The lowest BCUT2D eigenvalue weighted by Gasteiger charge is -2.09. The molecule has 0 bridgehead atoms. The number of rotatable bonds is 4. The van der Waals surface area contributed by atoms with Gasteiger partial charge in [0.25, 0.3) is 0 Å². The molecule has 2 N–H and O–H groups in total. The van der Waals surface area contributed by atoms with Crippen molar-refractivity contribution in [2.24, 2.45) is 5.14 Å². The summed E-state index contributed by atoms with van der Waals surface area (Å²) in [5, 5.41) is 8.55. The Morgan fingerprint density at radius 1 is 1.53 bits per heavy atom. The first-order valence-electron chi connectivity index (χ1n) is 5.47. The van der Waals surface area contributed by atoms with E-state index in [0.29, 0.717) is 17.8 Å². The van der Waals surface area contributed by atoms with Gasteiger partial charge in [0.15, 0.2) is 5.82 Å². The highest BCUT2D eigenvalue weighted by Gasteiger charge is 2.23. The van der Waals surface area contributed by atoms with Crippen molar-refractivity contribution in [3.8, 4) is 5.82 Å². The van der Waals surface area contributed by atoms with E-state index < -0.39 is 15.3 Å². The Morgan fingerprint density at radius 3 is 2.84 bits per heavy atom. The number of aromatic nitrogens is 4. The van der Waals surface area contributed by atoms with Crippen molar-refractivity contribution < 1.29 is 8.42 Å². The van der Waals surface area contributed by atoms with E-state index in [9.17, 15) is 8.42 Å². The summed E-state index contributed by atoms with van der Waals surface area (Å²) < 4.78 is 24.3. The van der Waals surface area contributed by atoms with Gasteiger partial charge in [0, 0.05) is 24.0 Å². The molecule has 9 heteroatoms. The number of primary sulfonamides is 1. The first kappa shape index (κ1) is 13.9. The Bertz CT molecular complexity index is 685. The third-order valence-electron chi connectivity index (χ3n) is 2.59. The molecule has 1 atom stereocenters. The second-order valence-electron chi connectivity index (χ2n) is 3.89. The zero-order valence-electron chi connectivity index (χ0n) is 10.1. The molecule has 2 heterocycles. The largest absolute Gasteiger partial charge is 0.228 e. The molecule has 0 spiro atoms. The highest BCUT2D eigenvalue weighted by molar-refractivity contribution is 7.89. The van der Waals surface area contributed by atoms with Crippen LogP contribution in [0.2, 0.25) is 5.28 Å². The van der Waals surface area contributed by atoms with Gasteiger partial charge in [0.1, 0.15) is 5.25 Å². The van der Waals surface area contributed by atoms with Gasteiger partial charge in [-0.1, -0.05) is 6.92 Å². The van der Waals surface area contributed by atoms with Gasteiger partial charge in [-0.3, -0.25) is 0 Å². The monoisotopic (exact) mass is 301 g/mol. The van der Waals surface area contributed by atoms with Crippen LogP contribution in [0.5, 0.6) is 0 Å². The van der Waals surface area contributed by atoms with Crippen LogP contribution in [0.25, 0.3) is 5.82 Å². The molecule has 0 fully saturated rings. The molecule has 1 unspecified atom stereocenters. The second-order valence-corrected chi connectivity index (χ2v) is 5.97. The molecule has 0 radical (unpaired) electrons. The second kappa shape index (κ2) is 5.24. The minimum absolute atomic E-state index is 0.0908.